The summed E-state index contributed by atoms with van der Waals surface area (Å²) < 4.78 is 37.4. The van der Waals surface area contributed by atoms with E-state index in [0.717, 1.165) is 30.5 Å². The minimum Gasteiger partial charge on any atom is -0.294 e. The van der Waals surface area contributed by atoms with E-state index in [1.165, 1.54) is 17.7 Å². The first-order valence-electron chi connectivity index (χ1n) is 7.18. The van der Waals surface area contributed by atoms with E-state index in [0.29, 0.717) is 5.56 Å². The molecule has 0 aromatic heterocycles. The van der Waals surface area contributed by atoms with E-state index < -0.39 is 11.7 Å². The van der Waals surface area contributed by atoms with Crippen molar-refractivity contribution in [1.82, 2.24) is 0 Å². The molecule has 0 spiro atoms. The van der Waals surface area contributed by atoms with Crippen LogP contribution in [0.15, 0.2) is 48.5 Å². The highest BCUT2D eigenvalue weighted by Crippen LogP contribution is 2.29. The van der Waals surface area contributed by atoms with Gasteiger partial charge in [0.25, 0.3) is 0 Å². The predicted molar refractivity (Wildman–Crippen MR) is 79.9 cm³/mol. The summed E-state index contributed by atoms with van der Waals surface area (Å²) in [6.45, 7) is 2.10. The Bertz CT molecular complexity index is 625. The van der Waals surface area contributed by atoms with Gasteiger partial charge in [0, 0.05) is 12.0 Å². The lowest BCUT2D eigenvalue weighted by atomic mass is 10.00. The summed E-state index contributed by atoms with van der Waals surface area (Å²) in [5.41, 5.74) is 1.64. The zero-order valence-electron chi connectivity index (χ0n) is 12.3. The standard InChI is InChI=1S/C18H17F3O/c1-2-3-13-4-6-14(7-5-13)12-17(22)15-8-10-16(11-9-15)18(19,20)21/h4-11H,2-3,12H2,1H3. The Kier molecular flexibility index (Phi) is 5.01. The van der Waals surface area contributed by atoms with Gasteiger partial charge < -0.3 is 0 Å². The normalized spacial score (nSPS) is 11.5. The molecule has 0 fully saturated rings. The molecule has 0 aliphatic rings. The first-order valence-corrected chi connectivity index (χ1v) is 7.18. The summed E-state index contributed by atoms with van der Waals surface area (Å²) in [6.07, 6.45) is -2.13. The highest BCUT2D eigenvalue weighted by Gasteiger charge is 2.30. The minimum atomic E-state index is -4.38. The molecule has 1 nitrogen and oxygen atoms in total. The van der Waals surface area contributed by atoms with Crippen molar-refractivity contribution in [2.75, 3.05) is 0 Å². The van der Waals surface area contributed by atoms with Gasteiger partial charge in [-0.1, -0.05) is 49.7 Å². The van der Waals surface area contributed by atoms with Crippen molar-refractivity contribution in [2.45, 2.75) is 32.4 Å². The molecule has 0 saturated carbocycles. The van der Waals surface area contributed by atoms with Gasteiger partial charge in [-0.2, -0.15) is 13.2 Å². The van der Waals surface area contributed by atoms with Crippen molar-refractivity contribution in [3.8, 4) is 0 Å². The number of hydrogen-bond acceptors (Lipinski definition) is 1. The fourth-order valence-corrected chi connectivity index (χ4v) is 2.25. The van der Waals surface area contributed by atoms with Gasteiger partial charge in [-0.15, -0.1) is 0 Å². The molecule has 0 saturated heterocycles. The van der Waals surface area contributed by atoms with Crippen LogP contribution in [-0.2, 0) is 19.0 Å². The van der Waals surface area contributed by atoms with Gasteiger partial charge in [0.15, 0.2) is 5.78 Å². The van der Waals surface area contributed by atoms with Gasteiger partial charge in [0.2, 0.25) is 0 Å². The number of alkyl halides is 3. The number of ketones is 1. The quantitative estimate of drug-likeness (QED) is 0.704. The molecular weight excluding hydrogens is 289 g/mol. The lowest BCUT2D eigenvalue weighted by Crippen LogP contribution is -2.07. The molecule has 116 valence electrons. The molecule has 2 aromatic carbocycles. The summed E-state index contributed by atoms with van der Waals surface area (Å²) in [6, 6.07) is 12.1. The molecule has 2 aromatic rings. The fraction of sp³-hybridized carbons (Fsp3) is 0.278. The smallest absolute Gasteiger partial charge is 0.294 e. The largest absolute Gasteiger partial charge is 0.416 e. The van der Waals surface area contributed by atoms with Crippen molar-refractivity contribution in [3.05, 3.63) is 70.8 Å². The Morgan fingerprint density at radius 3 is 1.95 bits per heavy atom. The number of benzene rings is 2. The van der Waals surface area contributed by atoms with E-state index in [2.05, 4.69) is 6.92 Å². The van der Waals surface area contributed by atoms with Crippen LogP contribution in [0.4, 0.5) is 13.2 Å². The van der Waals surface area contributed by atoms with E-state index in [4.69, 9.17) is 0 Å². The zero-order chi connectivity index (χ0) is 16.2. The molecule has 0 aliphatic heterocycles. The van der Waals surface area contributed by atoms with Crippen LogP contribution in [0.25, 0.3) is 0 Å². The van der Waals surface area contributed by atoms with Crippen molar-refractivity contribution in [2.24, 2.45) is 0 Å². The summed E-state index contributed by atoms with van der Waals surface area (Å²) >= 11 is 0. The van der Waals surface area contributed by atoms with Crippen molar-refractivity contribution in [3.63, 3.8) is 0 Å². The molecule has 0 N–H and O–H groups in total. The van der Waals surface area contributed by atoms with E-state index in [9.17, 15) is 18.0 Å². The minimum absolute atomic E-state index is 0.183. The Hall–Kier alpha value is -2.10. The van der Waals surface area contributed by atoms with Crippen LogP contribution in [0.5, 0.6) is 0 Å². The van der Waals surface area contributed by atoms with Crippen LogP contribution in [0, 0.1) is 0 Å². The van der Waals surface area contributed by atoms with Gasteiger partial charge >= 0.3 is 6.18 Å². The number of rotatable bonds is 5. The van der Waals surface area contributed by atoms with E-state index in [-0.39, 0.29) is 12.2 Å². The third-order valence-corrected chi connectivity index (χ3v) is 3.46. The molecule has 0 unspecified atom stereocenters. The maximum Gasteiger partial charge on any atom is 0.416 e. The van der Waals surface area contributed by atoms with Crippen molar-refractivity contribution in [1.29, 1.82) is 0 Å². The van der Waals surface area contributed by atoms with Crippen LogP contribution in [0.3, 0.4) is 0 Å². The molecule has 0 amide bonds. The second-order valence-electron chi connectivity index (χ2n) is 5.24. The summed E-state index contributed by atoms with van der Waals surface area (Å²) in [5, 5.41) is 0. The second-order valence-corrected chi connectivity index (χ2v) is 5.24. The number of hydrogen-bond donors (Lipinski definition) is 0. The Balaban J connectivity index is 2.05. The SMILES string of the molecule is CCCc1ccc(CC(=O)c2ccc(C(F)(F)F)cc2)cc1. The molecule has 0 atom stereocenters. The summed E-state index contributed by atoms with van der Waals surface area (Å²) in [5.74, 6) is -0.183. The molecule has 22 heavy (non-hydrogen) atoms. The monoisotopic (exact) mass is 306 g/mol. The van der Waals surface area contributed by atoms with Gasteiger partial charge in [-0.3, -0.25) is 4.79 Å². The Morgan fingerprint density at radius 1 is 0.909 bits per heavy atom. The number of Topliss-reactive ketones (excluding diaryl/α,β-unsaturated/α-hetero) is 1. The number of halogens is 3. The highest BCUT2D eigenvalue weighted by molar-refractivity contribution is 5.97. The summed E-state index contributed by atoms with van der Waals surface area (Å²) in [4.78, 5) is 12.1. The average molecular weight is 306 g/mol. The number of aryl methyl sites for hydroxylation is 1. The van der Waals surface area contributed by atoms with E-state index in [1.54, 1.807) is 0 Å². The van der Waals surface area contributed by atoms with E-state index in [1.807, 2.05) is 24.3 Å². The number of carbonyl (C=O) groups is 1. The fourth-order valence-electron chi connectivity index (χ4n) is 2.25. The summed E-state index contributed by atoms with van der Waals surface area (Å²) in [7, 11) is 0. The van der Waals surface area contributed by atoms with Gasteiger partial charge in [-0.25, -0.2) is 0 Å². The maximum absolute atomic E-state index is 12.5. The van der Waals surface area contributed by atoms with Crippen molar-refractivity contribution < 1.29 is 18.0 Å². The number of carbonyl (C=O) groups excluding carboxylic acids is 1. The predicted octanol–water partition coefficient (Wildman–Crippen LogP) is 5.08. The van der Waals surface area contributed by atoms with Crippen molar-refractivity contribution >= 4 is 5.78 Å². The first kappa shape index (κ1) is 16.3. The lowest BCUT2D eigenvalue weighted by Gasteiger charge is -2.07. The third-order valence-electron chi connectivity index (χ3n) is 3.46. The molecule has 0 aliphatic carbocycles. The topological polar surface area (TPSA) is 17.1 Å². The zero-order valence-corrected chi connectivity index (χ0v) is 12.3. The molecular formula is C18H17F3O. The van der Waals surface area contributed by atoms with E-state index >= 15 is 0 Å². The van der Waals surface area contributed by atoms with Gasteiger partial charge in [0.05, 0.1) is 5.56 Å². The van der Waals surface area contributed by atoms with Gasteiger partial charge in [-0.05, 0) is 29.7 Å². The maximum atomic E-state index is 12.5. The Labute approximate surface area is 127 Å². The van der Waals surface area contributed by atoms with Crippen LogP contribution in [0.2, 0.25) is 0 Å². The molecule has 2 rings (SSSR count). The lowest BCUT2D eigenvalue weighted by molar-refractivity contribution is -0.137. The van der Waals surface area contributed by atoms with Crippen LogP contribution in [0.1, 0.15) is 40.4 Å². The van der Waals surface area contributed by atoms with Gasteiger partial charge in [0.1, 0.15) is 0 Å². The molecule has 4 heteroatoms. The first-order chi connectivity index (χ1) is 10.4. The highest BCUT2D eigenvalue weighted by atomic mass is 19.4. The molecule has 0 bridgehead atoms. The third kappa shape index (κ3) is 4.20. The average Bonchev–Trinajstić information content (AvgIpc) is 2.49. The molecule has 0 radical (unpaired) electrons. The van der Waals surface area contributed by atoms with Crippen LogP contribution < -0.4 is 0 Å². The Morgan fingerprint density at radius 2 is 1.45 bits per heavy atom. The van der Waals surface area contributed by atoms with Crippen LogP contribution >= 0.6 is 0 Å². The molecule has 0 heterocycles. The second kappa shape index (κ2) is 6.77. The van der Waals surface area contributed by atoms with Crippen LogP contribution in [-0.4, -0.2) is 5.78 Å².